The van der Waals surface area contributed by atoms with Gasteiger partial charge in [0, 0.05) is 17.8 Å². The number of halogens is 1. The van der Waals surface area contributed by atoms with E-state index in [1.54, 1.807) is 61.5 Å². The molecule has 0 aliphatic carbocycles. The van der Waals surface area contributed by atoms with Crippen LogP contribution < -0.4 is 14.4 Å². The Balaban J connectivity index is 1.92. The Morgan fingerprint density at radius 1 is 1.03 bits per heavy atom. The van der Waals surface area contributed by atoms with Gasteiger partial charge >= 0.3 is 0 Å². The van der Waals surface area contributed by atoms with E-state index in [-0.39, 0.29) is 12.1 Å². The summed E-state index contributed by atoms with van der Waals surface area (Å²) in [5, 5.41) is 2.66. The molecule has 0 bridgehead atoms. The normalized spacial score (nSPS) is 11.0. The van der Waals surface area contributed by atoms with E-state index in [2.05, 4.69) is 5.32 Å². The van der Waals surface area contributed by atoms with E-state index < -0.39 is 26.6 Å². The van der Waals surface area contributed by atoms with Gasteiger partial charge in [-0.1, -0.05) is 18.2 Å². The topological polar surface area (TPSA) is 75.7 Å². The molecule has 0 saturated heterocycles. The maximum Gasteiger partial charge on any atom is 0.267 e. The number of carbonyl (C=O) groups excluding carboxylic acids is 1. The first-order chi connectivity index (χ1) is 14.4. The Kier molecular flexibility index (Phi) is 6.37. The summed E-state index contributed by atoms with van der Waals surface area (Å²) in [6.45, 7) is 1.76. The van der Waals surface area contributed by atoms with Crippen molar-refractivity contribution in [2.24, 2.45) is 0 Å². The zero-order chi connectivity index (χ0) is 21.7. The highest BCUT2D eigenvalue weighted by atomic mass is 32.2. The summed E-state index contributed by atoms with van der Waals surface area (Å²) in [6.07, 6.45) is 0. The molecule has 0 fully saturated rings. The lowest BCUT2D eigenvalue weighted by Crippen LogP contribution is -2.31. The predicted octanol–water partition coefficient (Wildman–Crippen LogP) is 4.30. The Morgan fingerprint density at radius 2 is 1.70 bits per heavy atom. The number of para-hydroxylation sites is 1. The molecular formula is C22H21FN2O4S. The van der Waals surface area contributed by atoms with Gasteiger partial charge in [0.25, 0.3) is 15.9 Å². The van der Waals surface area contributed by atoms with Crippen molar-refractivity contribution in [1.29, 1.82) is 0 Å². The van der Waals surface area contributed by atoms with Crippen molar-refractivity contribution in [3.63, 3.8) is 0 Å². The number of anilines is 2. The van der Waals surface area contributed by atoms with Crippen LogP contribution in [-0.2, 0) is 10.0 Å². The highest BCUT2D eigenvalue weighted by Crippen LogP contribution is 2.26. The van der Waals surface area contributed by atoms with Crippen LogP contribution in [-0.4, -0.2) is 28.0 Å². The van der Waals surface area contributed by atoms with Crippen LogP contribution in [0.5, 0.6) is 5.75 Å². The fourth-order valence-electron chi connectivity index (χ4n) is 2.92. The van der Waals surface area contributed by atoms with Crippen molar-refractivity contribution < 1.29 is 22.3 Å². The molecule has 0 spiro atoms. The van der Waals surface area contributed by atoms with Crippen molar-refractivity contribution in [3.8, 4) is 5.75 Å². The van der Waals surface area contributed by atoms with Crippen molar-refractivity contribution in [2.75, 3.05) is 23.3 Å². The summed E-state index contributed by atoms with van der Waals surface area (Å²) in [6, 6.07) is 18.3. The van der Waals surface area contributed by atoms with Gasteiger partial charge in [0.2, 0.25) is 0 Å². The molecule has 8 heteroatoms. The number of carbonyl (C=O) groups is 1. The molecular weight excluding hydrogens is 407 g/mol. The largest absolute Gasteiger partial charge is 0.497 e. The second kappa shape index (κ2) is 8.96. The van der Waals surface area contributed by atoms with Crippen molar-refractivity contribution >= 4 is 27.3 Å². The lowest BCUT2D eigenvalue weighted by Gasteiger charge is -2.23. The lowest BCUT2D eigenvalue weighted by atomic mass is 10.2. The van der Waals surface area contributed by atoms with Crippen molar-refractivity contribution in [2.45, 2.75) is 11.8 Å². The molecule has 0 aliphatic heterocycles. The molecule has 0 aromatic heterocycles. The van der Waals surface area contributed by atoms with E-state index in [0.717, 1.165) is 16.4 Å². The zero-order valence-electron chi connectivity index (χ0n) is 16.5. The smallest absolute Gasteiger partial charge is 0.267 e. The van der Waals surface area contributed by atoms with Crippen LogP contribution in [0.2, 0.25) is 0 Å². The number of nitrogens with zero attached hydrogens (tertiary/aromatic N) is 1. The monoisotopic (exact) mass is 428 g/mol. The summed E-state index contributed by atoms with van der Waals surface area (Å²) >= 11 is 0. The van der Waals surface area contributed by atoms with E-state index in [1.165, 1.54) is 13.2 Å². The van der Waals surface area contributed by atoms with Gasteiger partial charge in [-0.25, -0.2) is 12.8 Å². The molecule has 1 N–H and O–H groups in total. The Bertz CT molecular complexity index is 1130. The standard InChI is InChI=1S/C22H21FN2O4S/c1-3-25(18-7-5-4-6-8-18)30(27,28)21-15-16(9-14-20(21)23)22(26)24-17-10-12-19(29-2)13-11-17/h4-15H,3H2,1-2H3,(H,24,26). The Hall–Kier alpha value is -3.39. The quantitative estimate of drug-likeness (QED) is 0.609. The fourth-order valence-corrected chi connectivity index (χ4v) is 4.49. The summed E-state index contributed by atoms with van der Waals surface area (Å²) in [7, 11) is -2.68. The molecule has 0 unspecified atom stereocenters. The van der Waals surface area contributed by atoms with Gasteiger partial charge in [-0.2, -0.15) is 0 Å². The van der Waals surface area contributed by atoms with Crippen molar-refractivity contribution in [1.82, 2.24) is 0 Å². The Morgan fingerprint density at radius 3 is 2.30 bits per heavy atom. The lowest BCUT2D eigenvalue weighted by molar-refractivity contribution is 0.102. The third-order valence-corrected chi connectivity index (χ3v) is 6.36. The second-order valence-corrected chi connectivity index (χ2v) is 8.16. The van der Waals surface area contributed by atoms with Gasteiger partial charge in [0.05, 0.1) is 12.8 Å². The average molecular weight is 428 g/mol. The van der Waals surface area contributed by atoms with Crippen LogP contribution in [0.15, 0.2) is 77.7 Å². The van der Waals surface area contributed by atoms with Gasteiger partial charge in [0.1, 0.15) is 16.5 Å². The van der Waals surface area contributed by atoms with Crippen LogP contribution in [0, 0.1) is 5.82 Å². The van der Waals surface area contributed by atoms with E-state index in [4.69, 9.17) is 4.74 Å². The number of methoxy groups -OCH3 is 1. The molecule has 0 heterocycles. The molecule has 0 aliphatic rings. The van der Waals surface area contributed by atoms with Gasteiger partial charge in [0.15, 0.2) is 0 Å². The summed E-state index contributed by atoms with van der Waals surface area (Å²) in [4.78, 5) is 12.0. The number of ether oxygens (including phenoxy) is 1. The van der Waals surface area contributed by atoms with Gasteiger partial charge in [-0.05, 0) is 61.5 Å². The Labute approximate surface area is 175 Å². The fraction of sp³-hybridized carbons (Fsp3) is 0.136. The van der Waals surface area contributed by atoms with E-state index in [1.807, 2.05) is 0 Å². The molecule has 1 amide bonds. The second-order valence-electron chi connectivity index (χ2n) is 6.33. The van der Waals surface area contributed by atoms with Crippen LogP contribution >= 0.6 is 0 Å². The van der Waals surface area contributed by atoms with Gasteiger partial charge in [-0.15, -0.1) is 0 Å². The first kappa shape index (κ1) is 21.3. The number of hydrogen-bond acceptors (Lipinski definition) is 4. The maximum atomic E-state index is 14.5. The first-order valence-electron chi connectivity index (χ1n) is 9.19. The number of amides is 1. The SMILES string of the molecule is CCN(c1ccccc1)S(=O)(=O)c1cc(C(=O)Nc2ccc(OC)cc2)ccc1F. The van der Waals surface area contributed by atoms with E-state index >= 15 is 0 Å². The number of benzene rings is 3. The minimum atomic E-state index is -4.21. The molecule has 0 saturated carbocycles. The molecule has 3 rings (SSSR count). The molecule has 156 valence electrons. The highest BCUT2D eigenvalue weighted by molar-refractivity contribution is 7.92. The van der Waals surface area contributed by atoms with Crippen molar-refractivity contribution in [3.05, 3.63) is 84.2 Å². The zero-order valence-corrected chi connectivity index (χ0v) is 17.3. The molecule has 6 nitrogen and oxygen atoms in total. The molecule has 3 aromatic carbocycles. The highest BCUT2D eigenvalue weighted by Gasteiger charge is 2.28. The maximum absolute atomic E-state index is 14.5. The van der Waals surface area contributed by atoms with Gasteiger partial charge < -0.3 is 10.1 Å². The van der Waals surface area contributed by atoms with E-state index in [9.17, 15) is 17.6 Å². The number of nitrogens with one attached hydrogen (secondary N) is 1. The molecule has 0 radical (unpaired) electrons. The van der Waals surface area contributed by atoms with Crippen LogP contribution in [0.4, 0.5) is 15.8 Å². The number of hydrogen-bond donors (Lipinski definition) is 1. The van der Waals surface area contributed by atoms with Gasteiger partial charge in [-0.3, -0.25) is 9.10 Å². The number of sulfonamides is 1. The molecule has 0 atom stereocenters. The average Bonchev–Trinajstić information content (AvgIpc) is 2.75. The summed E-state index contributed by atoms with van der Waals surface area (Å²) < 4.78 is 46.9. The molecule has 30 heavy (non-hydrogen) atoms. The van der Waals surface area contributed by atoms with Crippen LogP contribution in [0.25, 0.3) is 0 Å². The minimum absolute atomic E-state index is 0.0231. The van der Waals surface area contributed by atoms with E-state index in [0.29, 0.717) is 17.1 Å². The molecule has 3 aromatic rings. The third-order valence-electron chi connectivity index (χ3n) is 4.44. The predicted molar refractivity (Wildman–Crippen MR) is 114 cm³/mol. The number of rotatable bonds is 7. The third kappa shape index (κ3) is 4.44. The van der Waals surface area contributed by atoms with Crippen LogP contribution in [0.3, 0.4) is 0 Å². The first-order valence-corrected chi connectivity index (χ1v) is 10.6. The summed E-state index contributed by atoms with van der Waals surface area (Å²) in [5.74, 6) is -0.853. The minimum Gasteiger partial charge on any atom is -0.497 e. The van der Waals surface area contributed by atoms with Crippen LogP contribution in [0.1, 0.15) is 17.3 Å². The summed E-state index contributed by atoms with van der Waals surface area (Å²) in [5.41, 5.74) is 0.927.